The first-order chi connectivity index (χ1) is 17.4. The second-order valence-electron chi connectivity index (χ2n) is 9.99. The number of nitrogens with zero attached hydrogens (tertiary/aromatic N) is 3. The van der Waals surface area contributed by atoms with Gasteiger partial charge in [0.25, 0.3) is 0 Å². The van der Waals surface area contributed by atoms with E-state index < -0.39 is 5.41 Å². The number of ether oxygens (including phenoxy) is 2. The second kappa shape index (κ2) is 7.98. The molecule has 36 heavy (non-hydrogen) atoms. The van der Waals surface area contributed by atoms with E-state index in [9.17, 15) is 19.6 Å². The highest BCUT2D eigenvalue weighted by Gasteiger charge is 2.70. The third-order valence-electron chi connectivity index (χ3n) is 8.22. The summed E-state index contributed by atoms with van der Waals surface area (Å²) in [6.45, 7) is 2.83. The van der Waals surface area contributed by atoms with Gasteiger partial charge in [-0.1, -0.05) is 30.3 Å². The van der Waals surface area contributed by atoms with Crippen LogP contribution in [-0.4, -0.2) is 61.9 Å². The van der Waals surface area contributed by atoms with Crippen LogP contribution in [0, 0.1) is 23.2 Å². The van der Waals surface area contributed by atoms with Crippen LogP contribution in [0.25, 0.3) is 11.1 Å². The van der Waals surface area contributed by atoms with Crippen LogP contribution in [0.15, 0.2) is 42.5 Å². The Labute approximate surface area is 208 Å². The van der Waals surface area contributed by atoms with Crippen LogP contribution in [0.2, 0.25) is 0 Å². The fraction of sp³-hybridized carbons (Fsp3) is 0.407. The topological polar surface area (TPSA) is 112 Å². The summed E-state index contributed by atoms with van der Waals surface area (Å²) < 4.78 is 10.3. The highest BCUT2D eigenvalue weighted by Crippen LogP contribution is 2.63. The summed E-state index contributed by atoms with van der Waals surface area (Å²) in [5.74, 6) is 0.108. The lowest BCUT2D eigenvalue weighted by molar-refractivity contribution is -0.119. The molecule has 2 saturated heterocycles. The summed E-state index contributed by atoms with van der Waals surface area (Å²) in [4.78, 5) is 39.0. The van der Waals surface area contributed by atoms with E-state index in [1.54, 1.807) is 9.80 Å². The van der Waals surface area contributed by atoms with Crippen molar-refractivity contribution in [3.8, 4) is 17.2 Å². The van der Waals surface area contributed by atoms with Crippen molar-refractivity contribution < 1.29 is 23.9 Å². The van der Waals surface area contributed by atoms with Gasteiger partial charge in [0.2, 0.25) is 5.91 Å². The van der Waals surface area contributed by atoms with Crippen molar-refractivity contribution in [2.24, 2.45) is 11.8 Å². The highest BCUT2D eigenvalue weighted by atomic mass is 16.6. The Morgan fingerprint density at radius 2 is 1.86 bits per heavy atom. The SMILES string of the molecule is COC(=O)N1C[C@@H]2[C@H](C1)C2(C#N)c1ccc(-c2ccc3c(c2)C[C@H]2[C@H](CNC(C)=O)OC(=O)N32)cc1. The van der Waals surface area contributed by atoms with E-state index in [1.165, 1.54) is 14.0 Å². The van der Waals surface area contributed by atoms with Crippen molar-refractivity contribution in [3.05, 3.63) is 53.6 Å². The molecule has 0 spiro atoms. The molecule has 2 aromatic rings. The molecule has 1 N–H and O–H groups in total. The van der Waals surface area contributed by atoms with Gasteiger partial charge in [-0.3, -0.25) is 9.69 Å². The molecule has 0 bridgehead atoms. The molecule has 6 rings (SSSR count). The van der Waals surface area contributed by atoms with E-state index in [4.69, 9.17) is 9.47 Å². The predicted molar refractivity (Wildman–Crippen MR) is 129 cm³/mol. The minimum Gasteiger partial charge on any atom is -0.453 e. The van der Waals surface area contributed by atoms with Gasteiger partial charge in [0.1, 0.15) is 6.10 Å². The number of likely N-dealkylation sites (tertiary alicyclic amines) is 1. The van der Waals surface area contributed by atoms with Crippen molar-refractivity contribution >= 4 is 23.8 Å². The number of nitrogens with one attached hydrogen (secondary N) is 1. The number of anilines is 1. The molecule has 9 nitrogen and oxygen atoms in total. The van der Waals surface area contributed by atoms with Crippen LogP contribution < -0.4 is 10.2 Å². The molecule has 3 fully saturated rings. The monoisotopic (exact) mass is 486 g/mol. The Bertz CT molecular complexity index is 1300. The first-order valence-corrected chi connectivity index (χ1v) is 12.1. The van der Waals surface area contributed by atoms with Gasteiger partial charge in [0, 0.05) is 31.8 Å². The van der Waals surface area contributed by atoms with E-state index in [-0.39, 0.29) is 42.1 Å². The summed E-state index contributed by atoms with van der Waals surface area (Å²) in [5, 5.41) is 12.8. The number of carbonyl (C=O) groups is 3. The zero-order chi connectivity index (χ0) is 25.2. The van der Waals surface area contributed by atoms with Gasteiger partial charge < -0.3 is 19.7 Å². The smallest absolute Gasteiger partial charge is 0.415 e. The standard InChI is InChI=1S/C27H26N4O5/c1-15(32)29-11-24-23-10-18-9-17(5-8-22(18)31(23)26(34)36-24)16-3-6-19(7-4-16)27(14-28)20-12-30(13-21(20)27)25(33)35-2/h3-9,20-21,23-24H,10-13H2,1-2H3,(H,29,32)/t20-,21+,23-,24-,27?/m0/s1. The lowest BCUT2D eigenvalue weighted by atomic mass is 9.90. The molecule has 3 heterocycles. The van der Waals surface area contributed by atoms with Crippen LogP contribution in [0.3, 0.4) is 0 Å². The molecular weight excluding hydrogens is 460 g/mol. The number of cyclic esters (lactones) is 1. The normalized spacial score (nSPS) is 29.1. The Morgan fingerprint density at radius 1 is 1.17 bits per heavy atom. The summed E-state index contributed by atoms with van der Waals surface area (Å²) in [5.41, 5.74) is 4.42. The fourth-order valence-corrected chi connectivity index (χ4v) is 6.38. The first-order valence-electron chi connectivity index (χ1n) is 12.1. The van der Waals surface area contributed by atoms with Gasteiger partial charge in [-0.15, -0.1) is 0 Å². The number of benzene rings is 2. The van der Waals surface area contributed by atoms with Gasteiger partial charge in [-0.05, 0) is 40.8 Å². The van der Waals surface area contributed by atoms with Crippen LogP contribution >= 0.6 is 0 Å². The number of carbonyl (C=O) groups excluding carboxylic acids is 3. The molecule has 9 heteroatoms. The van der Waals surface area contributed by atoms with E-state index in [2.05, 4.69) is 17.5 Å². The molecule has 0 radical (unpaired) electrons. The molecule has 2 aromatic carbocycles. The minimum absolute atomic E-state index is 0.131. The quantitative estimate of drug-likeness (QED) is 0.711. The maximum absolute atomic E-state index is 12.5. The van der Waals surface area contributed by atoms with Crippen molar-refractivity contribution in [1.29, 1.82) is 5.26 Å². The van der Waals surface area contributed by atoms with Crippen LogP contribution in [-0.2, 0) is 26.1 Å². The number of fused-ring (bicyclic) bond motifs is 4. The number of methoxy groups -OCH3 is 1. The average Bonchev–Trinajstić information content (AvgIpc) is 3.26. The number of piperidine rings is 1. The molecule has 184 valence electrons. The lowest BCUT2D eigenvalue weighted by Crippen LogP contribution is -2.40. The van der Waals surface area contributed by atoms with E-state index >= 15 is 0 Å². The van der Waals surface area contributed by atoms with Crippen molar-refractivity contribution in [3.63, 3.8) is 0 Å². The third kappa shape index (κ3) is 3.17. The summed E-state index contributed by atoms with van der Waals surface area (Å²) in [7, 11) is 1.38. The van der Waals surface area contributed by atoms with E-state index in [0.717, 1.165) is 27.9 Å². The van der Waals surface area contributed by atoms with Crippen LogP contribution in [0.4, 0.5) is 15.3 Å². The van der Waals surface area contributed by atoms with Crippen molar-refractivity contribution in [1.82, 2.24) is 10.2 Å². The van der Waals surface area contributed by atoms with Gasteiger partial charge in [-0.2, -0.15) is 5.26 Å². The molecule has 5 atom stereocenters. The van der Waals surface area contributed by atoms with Gasteiger partial charge in [-0.25, -0.2) is 9.59 Å². The lowest BCUT2D eigenvalue weighted by Gasteiger charge is -2.22. The Hall–Kier alpha value is -4.06. The first kappa shape index (κ1) is 22.4. The predicted octanol–water partition coefficient (Wildman–Crippen LogP) is 2.83. The molecule has 3 amide bonds. The van der Waals surface area contributed by atoms with Crippen LogP contribution in [0.1, 0.15) is 18.1 Å². The number of nitriles is 1. The molecule has 1 unspecified atom stereocenters. The molecule has 0 aromatic heterocycles. The van der Waals surface area contributed by atoms with Gasteiger partial charge >= 0.3 is 12.2 Å². The van der Waals surface area contributed by atoms with E-state index in [1.807, 2.05) is 36.4 Å². The number of hydrogen-bond acceptors (Lipinski definition) is 6. The van der Waals surface area contributed by atoms with Gasteiger partial charge in [0.15, 0.2) is 0 Å². The largest absolute Gasteiger partial charge is 0.453 e. The Morgan fingerprint density at radius 3 is 2.50 bits per heavy atom. The molecule has 4 aliphatic rings. The van der Waals surface area contributed by atoms with Crippen molar-refractivity contribution in [2.75, 3.05) is 31.6 Å². The number of amides is 3. The molecular formula is C27H26N4O5. The summed E-state index contributed by atoms with van der Waals surface area (Å²) >= 11 is 0. The second-order valence-corrected chi connectivity index (χ2v) is 9.99. The molecule has 3 aliphatic heterocycles. The van der Waals surface area contributed by atoms with Crippen molar-refractivity contribution in [2.45, 2.75) is 30.9 Å². The zero-order valence-electron chi connectivity index (χ0n) is 20.1. The highest BCUT2D eigenvalue weighted by molar-refractivity contribution is 5.94. The summed E-state index contributed by atoms with van der Waals surface area (Å²) in [6.07, 6.45) is -0.439. The fourth-order valence-electron chi connectivity index (χ4n) is 6.38. The molecule has 1 saturated carbocycles. The zero-order valence-corrected chi connectivity index (χ0v) is 20.1. The maximum atomic E-state index is 12.5. The van der Waals surface area contributed by atoms with Crippen LogP contribution in [0.5, 0.6) is 0 Å². The van der Waals surface area contributed by atoms with Gasteiger partial charge in [0.05, 0.1) is 36.9 Å². The average molecular weight is 487 g/mol. The summed E-state index contributed by atoms with van der Waals surface area (Å²) in [6, 6.07) is 16.6. The number of rotatable bonds is 4. The van der Waals surface area contributed by atoms with E-state index in [0.29, 0.717) is 26.1 Å². The third-order valence-corrected chi connectivity index (χ3v) is 8.22. The molecule has 1 aliphatic carbocycles. The maximum Gasteiger partial charge on any atom is 0.415 e. The Kier molecular flexibility index (Phi) is 4.97. The minimum atomic E-state index is -0.547. The Balaban J connectivity index is 1.20. The number of hydrogen-bond donors (Lipinski definition) is 1.